The van der Waals surface area contributed by atoms with Crippen LogP contribution in [0.4, 0.5) is 10.1 Å². The number of anilines is 1. The number of carbonyl (C=O) groups excluding carboxylic acids is 1. The van der Waals surface area contributed by atoms with Crippen molar-refractivity contribution < 1.29 is 13.9 Å². The molecular formula is C14H12FNO2. The standard InChI is InChI=1S/C14H12FNO2/c1-18-14(17)10-4-2-9(3-5-10)12-7-6-11(15)8-13(12)16/h2-8H,16H2,1H3. The summed E-state index contributed by atoms with van der Waals surface area (Å²) in [6, 6.07) is 11.0. The van der Waals surface area contributed by atoms with Gasteiger partial charge >= 0.3 is 5.97 Å². The van der Waals surface area contributed by atoms with Gasteiger partial charge in [0.15, 0.2) is 0 Å². The third-order valence-corrected chi connectivity index (χ3v) is 2.63. The number of rotatable bonds is 2. The van der Waals surface area contributed by atoms with Crippen molar-refractivity contribution in [3.05, 3.63) is 53.8 Å². The molecule has 0 aromatic heterocycles. The lowest BCUT2D eigenvalue weighted by Gasteiger charge is -2.06. The Hall–Kier alpha value is -2.36. The number of nitrogens with two attached hydrogens (primary N) is 1. The van der Waals surface area contributed by atoms with Crippen LogP contribution in [0.5, 0.6) is 0 Å². The predicted octanol–water partition coefficient (Wildman–Crippen LogP) is 2.86. The normalized spacial score (nSPS) is 10.1. The highest BCUT2D eigenvalue weighted by Gasteiger charge is 2.07. The molecule has 2 rings (SSSR count). The van der Waals surface area contributed by atoms with Crippen molar-refractivity contribution in [2.45, 2.75) is 0 Å². The lowest BCUT2D eigenvalue weighted by Crippen LogP contribution is -2.00. The Kier molecular flexibility index (Phi) is 3.28. The van der Waals surface area contributed by atoms with E-state index in [0.717, 1.165) is 11.1 Å². The maximum Gasteiger partial charge on any atom is 0.337 e. The van der Waals surface area contributed by atoms with Crippen LogP contribution in [0.15, 0.2) is 42.5 Å². The van der Waals surface area contributed by atoms with Gasteiger partial charge in [0.1, 0.15) is 5.82 Å². The van der Waals surface area contributed by atoms with Gasteiger partial charge in [-0.1, -0.05) is 12.1 Å². The number of benzene rings is 2. The summed E-state index contributed by atoms with van der Waals surface area (Å²) < 4.78 is 17.5. The highest BCUT2D eigenvalue weighted by atomic mass is 19.1. The summed E-state index contributed by atoms with van der Waals surface area (Å²) in [6.45, 7) is 0. The number of nitrogen functional groups attached to an aromatic ring is 1. The van der Waals surface area contributed by atoms with E-state index in [-0.39, 0.29) is 5.82 Å². The third kappa shape index (κ3) is 2.32. The SMILES string of the molecule is COC(=O)c1ccc(-c2ccc(F)cc2N)cc1. The van der Waals surface area contributed by atoms with Crippen molar-refractivity contribution in [2.75, 3.05) is 12.8 Å². The maximum atomic E-state index is 12.9. The van der Waals surface area contributed by atoms with Gasteiger partial charge in [-0.15, -0.1) is 0 Å². The molecule has 0 saturated heterocycles. The van der Waals surface area contributed by atoms with Crippen molar-refractivity contribution in [3.63, 3.8) is 0 Å². The van der Waals surface area contributed by atoms with Gasteiger partial charge in [-0.05, 0) is 35.9 Å². The van der Waals surface area contributed by atoms with E-state index in [1.807, 2.05) is 0 Å². The molecular weight excluding hydrogens is 233 g/mol. The fourth-order valence-electron chi connectivity index (χ4n) is 1.70. The van der Waals surface area contributed by atoms with Crippen LogP contribution in [0.3, 0.4) is 0 Å². The second-order valence-electron chi connectivity index (χ2n) is 3.80. The fourth-order valence-corrected chi connectivity index (χ4v) is 1.70. The largest absolute Gasteiger partial charge is 0.465 e. The van der Waals surface area contributed by atoms with Gasteiger partial charge in [0.05, 0.1) is 12.7 Å². The van der Waals surface area contributed by atoms with E-state index in [0.29, 0.717) is 11.3 Å². The van der Waals surface area contributed by atoms with E-state index in [1.54, 1.807) is 30.3 Å². The molecule has 0 unspecified atom stereocenters. The molecule has 0 heterocycles. The molecule has 4 heteroatoms. The Labute approximate surface area is 104 Å². The maximum absolute atomic E-state index is 12.9. The minimum Gasteiger partial charge on any atom is -0.465 e. The molecule has 0 aliphatic heterocycles. The lowest BCUT2D eigenvalue weighted by atomic mass is 10.0. The summed E-state index contributed by atoms with van der Waals surface area (Å²) >= 11 is 0. The van der Waals surface area contributed by atoms with E-state index >= 15 is 0 Å². The number of halogens is 1. The van der Waals surface area contributed by atoms with Crippen molar-refractivity contribution in [2.24, 2.45) is 0 Å². The van der Waals surface area contributed by atoms with E-state index in [2.05, 4.69) is 4.74 Å². The molecule has 0 radical (unpaired) electrons. The van der Waals surface area contributed by atoms with E-state index < -0.39 is 5.97 Å². The number of carbonyl (C=O) groups is 1. The molecule has 18 heavy (non-hydrogen) atoms. The summed E-state index contributed by atoms with van der Waals surface area (Å²) in [7, 11) is 1.33. The summed E-state index contributed by atoms with van der Waals surface area (Å²) in [6.07, 6.45) is 0. The van der Waals surface area contributed by atoms with E-state index in [4.69, 9.17) is 5.73 Å². The van der Waals surface area contributed by atoms with Crippen LogP contribution in [0.25, 0.3) is 11.1 Å². The molecule has 0 spiro atoms. The number of hydrogen-bond donors (Lipinski definition) is 1. The van der Waals surface area contributed by atoms with E-state index in [1.165, 1.54) is 19.2 Å². The topological polar surface area (TPSA) is 52.3 Å². The molecule has 2 aromatic rings. The summed E-state index contributed by atoms with van der Waals surface area (Å²) in [5.41, 5.74) is 8.12. The average molecular weight is 245 g/mol. The molecule has 0 atom stereocenters. The number of esters is 1. The van der Waals surface area contributed by atoms with Gasteiger partial charge in [-0.3, -0.25) is 0 Å². The molecule has 0 bridgehead atoms. The zero-order valence-electron chi connectivity index (χ0n) is 9.81. The second-order valence-corrected chi connectivity index (χ2v) is 3.80. The van der Waals surface area contributed by atoms with Crippen molar-refractivity contribution >= 4 is 11.7 Å². The molecule has 3 nitrogen and oxygen atoms in total. The van der Waals surface area contributed by atoms with Gasteiger partial charge in [-0.2, -0.15) is 0 Å². The summed E-state index contributed by atoms with van der Waals surface area (Å²) in [4.78, 5) is 11.3. The molecule has 0 fully saturated rings. The van der Waals surface area contributed by atoms with Crippen LogP contribution in [-0.4, -0.2) is 13.1 Å². The van der Waals surface area contributed by atoms with Gasteiger partial charge in [-0.25, -0.2) is 9.18 Å². The highest BCUT2D eigenvalue weighted by Crippen LogP contribution is 2.26. The molecule has 0 aliphatic carbocycles. The first kappa shape index (κ1) is 12.1. The lowest BCUT2D eigenvalue weighted by molar-refractivity contribution is 0.0601. The number of hydrogen-bond acceptors (Lipinski definition) is 3. The Morgan fingerprint density at radius 1 is 1.17 bits per heavy atom. The van der Waals surface area contributed by atoms with Crippen molar-refractivity contribution in [1.29, 1.82) is 0 Å². The molecule has 0 aliphatic rings. The average Bonchev–Trinajstić information content (AvgIpc) is 2.38. The molecule has 0 saturated carbocycles. The first-order valence-corrected chi connectivity index (χ1v) is 5.35. The van der Waals surface area contributed by atoms with E-state index in [9.17, 15) is 9.18 Å². The Morgan fingerprint density at radius 2 is 1.83 bits per heavy atom. The van der Waals surface area contributed by atoms with Gasteiger partial charge in [0.25, 0.3) is 0 Å². The molecule has 2 aromatic carbocycles. The van der Waals surface area contributed by atoms with Crippen LogP contribution < -0.4 is 5.73 Å². The number of ether oxygens (including phenoxy) is 1. The van der Waals surface area contributed by atoms with Gasteiger partial charge in [0.2, 0.25) is 0 Å². The first-order chi connectivity index (χ1) is 8.61. The van der Waals surface area contributed by atoms with Crippen LogP contribution >= 0.6 is 0 Å². The molecule has 92 valence electrons. The summed E-state index contributed by atoms with van der Waals surface area (Å²) in [5.74, 6) is -0.768. The Balaban J connectivity index is 2.37. The minimum atomic E-state index is -0.395. The highest BCUT2D eigenvalue weighted by molar-refractivity contribution is 5.90. The Morgan fingerprint density at radius 3 is 2.39 bits per heavy atom. The van der Waals surface area contributed by atoms with Crippen LogP contribution in [0, 0.1) is 5.82 Å². The Bertz CT molecular complexity index is 579. The zero-order chi connectivity index (χ0) is 13.1. The third-order valence-electron chi connectivity index (χ3n) is 2.63. The van der Waals surface area contributed by atoms with Crippen LogP contribution in [0.2, 0.25) is 0 Å². The minimum absolute atomic E-state index is 0.362. The quantitative estimate of drug-likeness (QED) is 0.653. The first-order valence-electron chi connectivity index (χ1n) is 5.35. The predicted molar refractivity (Wildman–Crippen MR) is 67.6 cm³/mol. The van der Waals surface area contributed by atoms with Crippen molar-refractivity contribution in [1.82, 2.24) is 0 Å². The second kappa shape index (κ2) is 4.87. The van der Waals surface area contributed by atoms with Gasteiger partial charge in [0, 0.05) is 11.3 Å². The molecule has 2 N–H and O–H groups in total. The van der Waals surface area contributed by atoms with Crippen molar-refractivity contribution in [3.8, 4) is 11.1 Å². The number of methoxy groups -OCH3 is 1. The van der Waals surface area contributed by atoms with Gasteiger partial charge < -0.3 is 10.5 Å². The molecule has 0 amide bonds. The summed E-state index contributed by atoms with van der Waals surface area (Å²) in [5, 5.41) is 0. The monoisotopic (exact) mass is 245 g/mol. The fraction of sp³-hybridized carbons (Fsp3) is 0.0714. The van der Waals surface area contributed by atoms with Crippen LogP contribution in [-0.2, 0) is 4.74 Å². The van der Waals surface area contributed by atoms with Crippen LogP contribution in [0.1, 0.15) is 10.4 Å². The zero-order valence-corrected chi connectivity index (χ0v) is 9.81. The smallest absolute Gasteiger partial charge is 0.337 e.